The van der Waals surface area contributed by atoms with Crippen LogP contribution in [0.5, 0.6) is 0 Å². The number of hydrogen-bond donors (Lipinski definition) is 1. The number of aromatic carboxylic acids is 1. The van der Waals surface area contributed by atoms with E-state index >= 15 is 0 Å². The van der Waals surface area contributed by atoms with Crippen molar-refractivity contribution < 1.29 is 14.3 Å². The normalized spacial score (nSPS) is 11.0. The van der Waals surface area contributed by atoms with Gasteiger partial charge in [-0.2, -0.15) is 0 Å². The number of carbonyl (C=O) groups is 1. The largest absolute Gasteiger partial charge is 0.475 e. The van der Waals surface area contributed by atoms with Crippen LogP contribution in [0.1, 0.15) is 22.5 Å². The Hall–Kier alpha value is -1.81. The van der Waals surface area contributed by atoms with Crippen molar-refractivity contribution in [3.05, 3.63) is 53.8 Å². The maximum absolute atomic E-state index is 10.7. The topological polar surface area (TPSA) is 50.4 Å². The van der Waals surface area contributed by atoms with Crippen LogP contribution in [-0.2, 0) is 0 Å². The fraction of sp³-hybridized carbons (Fsp3) is 0.133. The zero-order valence-corrected chi connectivity index (χ0v) is 11.8. The Balaban J connectivity index is 2.15. The van der Waals surface area contributed by atoms with E-state index in [0.717, 1.165) is 22.9 Å². The van der Waals surface area contributed by atoms with E-state index in [1.54, 1.807) is 6.07 Å². The quantitative estimate of drug-likeness (QED) is 0.828. The molecular formula is C15H13BrO3. The average Bonchev–Trinajstić information content (AvgIpc) is 2.90. The first-order valence-corrected chi connectivity index (χ1v) is 6.99. The fourth-order valence-corrected chi connectivity index (χ4v) is 1.91. The molecule has 1 heterocycles. The van der Waals surface area contributed by atoms with Gasteiger partial charge in [-0.25, -0.2) is 4.79 Å². The lowest BCUT2D eigenvalue weighted by Gasteiger charge is -1.98. The van der Waals surface area contributed by atoms with Crippen molar-refractivity contribution in [2.75, 3.05) is 5.33 Å². The maximum atomic E-state index is 10.7. The van der Waals surface area contributed by atoms with Gasteiger partial charge in [0.15, 0.2) is 0 Å². The molecule has 19 heavy (non-hydrogen) atoms. The lowest BCUT2D eigenvalue weighted by molar-refractivity contribution is 0.0663. The van der Waals surface area contributed by atoms with Crippen molar-refractivity contribution in [2.24, 2.45) is 0 Å². The van der Waals surface area contributed by atoms with Crippen LogP contribution >= 0.6 is 15.9 Å². The van der Waals surface area contributed by atoms with Crippen molar-refractivity contribution in [3.63, 3.8) is 0 Å². The second kappa shape index (κ2) is 6.38. The van der Waals surface area contributed by atoms with Gasteiger partial charge in [-0.3, -0.25) is 0 Å². The van der Waals surface area contributed by atoms with E-state index in [1.807, 2.05) is 24.3 Å². The smallest absolute Gasteiger partial charge is 0.371 e. The molecule has 0 saturated carbocycles. The molecule has 0 bridgehead atoms. The van der Waals surface area contributed by atoms with Gasteiger partial charge in [0.05, 0.1) is 0 Å². The Bertz CT molecular complexity index is 582. The number of benzene rings is 1. The molecule has 1 N–H and O–H groups in total. The second-order valence-corrected chi connectivity index (χ2v) is 4.76. The predicted molar refractivity (Wildman–Crippen MR) is 78.5 cm³/mol. The first-order chi connectivity index (χ1) is 9.20. The van der Waals surface area contributed by atoms with Crippen LogP contribution in [0.15, 0.2) is 46.9 Å². The van der Waals surface area contributed by atoms with Gasteiger partial charge in [-0.05, 0) is 24.1 Å². The van der Waals surface area contributed by atoms with Gasteiger partial charge in [0.2, 0.25) is 5.76 Å². The van der Waals surface area contributed by atoms with E-state index in [2.05, 4.69) is 28.1 Å². The lowest BCUT2D eigenvalue weighted by atomic mass is 10.1. The van der Waals surface area contributed by atoms with E-state index in [-0.39, 0.29) is 5.76 Å². The molecule has 0 saturated heterocycles. The summed E-state index contributed by atoms with van der Waals surface area (Å²) in [6.45, 7) is 0. The van der Waals surface area contributed by atoms with Gasteiger partial charge < -0.3 is 9.52 Å². The SMILES string of the molecule is O=C(O)c1ccc(-c2ccc(C=CCCBr)cc2)o1. The number of rotatable bonds is 5. The summed E-state index contributed by atoms with van der Waals surface area (Å²) in [6, 6.07) is 10.9. The average molecular weight is 321 g/mol. The highest BCUT2D eigenvalue weighted by Crippen LogP contribution is 2.23. The van der Waals surface area contributed by atoms with Gasteiger partial charge in [0.25, 0.3) is 0 Å². The third-order valence-electron chi connectivity index (χ3n) is 2.60. The number of carboxylic acid groups (broad SMARTS) is 1. The van der Waals surface area contributed by atoms with Gasteiger partial charge >= 0.3 is 5.97 Å². The van der Waals surface area contributed by atoms with Crippen molar-refractivity contribution in [3.8, 4) is 11.3 Å². The molecule has 0 atom stereocenters. The highest BCUT2D eigenvalue weighted by atomic mass is 79.9. The third-order valence-corrected chi connectivity index (χ3v) is 3.06. The number of carboxylic acids is 1. The molecule has 0 amide bonds. The summed E-state index contributed by atoms with van der Waals surface area (Å²) < 4.78 is 5.25. The van der Waals surface area contributed by atoms with Crippen LogP contribution in [0.2, 0.25) is 0 Å². The minimum Gasteiger partial charge on any atom is -0.475 e. The molecule has 2 rings (SSSR count). The van der Waals surface area contributed by atoms with E-state index in [9.17, 15) is 4.79 Å². The first kappa shape index (κ1) is 13.6. The molecule has 0 aliphatic rings. The van der Waals surface area contributed by atoms with Crippen LogP contribution in [0.3, 0.4) is 0 Å². The fourth-order valence-electron chi connectivity index (χ4n) is 1.65. The number of hydrogen-bond acceptors (Lipinski definition) is 2. The predicted octanol–water partition coefficient (Wildman–Crippen LogP) is 4.44. The van der Waals surface area contributed by atoms with Crippen LogP contribution in [-0.4, -0.2) is 16.4 Å². The number of furan rings is 1. The molecule has 0 aliphatic heterocycles. The first-order valence-electron chi connectivity index (χ1n) is 5.87. The van der Waals surface area contributed by atoms with Crippen molar-refractivity contribution in [1.82, 2.24) is 0 Å². The van der Waals surface area contributed by atoms with Crippen molar-refractivity contribution in [2.45, 2.75) is 6.42 Å². The summed E-state index contributed by atoms with van der Waals surface area (Å²) >= 11 is 3.37. The molecule has 0 aliphatic carbocycles. The Morgan fingerprint density at radius 3 is 2.53 bits per heavy atom. The molecule has 1 aromatic carbocycles. The Kier molecular flexibility index (Phi) is 4.58. The summed E-state index contributed by atoms with van der Waals surface area (Å²) in [6.07, 6.45) is 5.14. The summed E-state index contributed by atoms with van der Waals surface area (Å²) in [5.74, 6) is -0.537. The molecule has 0 spiro atoms. The van der Waals surface area contributed by atoms with Gasteiger partial charge in [-0.1, -0.05) is 52.3 Å². The molecule has 0 radical (unpaired) electrons. The summed E-state index contributed by atoms with van der Waals surface area (Å²) in [5.41, 5.74) is 1.97. The zero-order valence-electron chi connectivity index (χ0n) is 10.2. The summed E-state index contributed by atoms with van der Waals surface area (Å²) in [5, 5.41) is 9.75. The molecule has 0 unspecified atom stereocenters. The second-order valence-electron chi connectivity index (χ2n) is 3.97. The monoisotopic (exact) mass is 320 g/mol. The molecule has 2 aromatic rings. The molecule has 0 fully saturated rings. The molecule has 98 valence electrons. The number of halogens is 1. The standard InChI is InChI=1S/C15H13BrO3/c16-10-2-1-3-11-4-6-12(7-5-11)13-8-9-14(19-13)15(17)18/h1,3-9H,2,10H2,(H,17,18). The minimum absolute atomic E-state index is 0.0451. The minimum atomic E-state index is -1.06. The van der Waals surface area contributed by atoms with Gasteiger partial charge in [-0.15, -0.1) is 0 Å². The maximum Gasteiger partial charge on any atom is 0.371 e. The Morgan fingerprint density at radius 2 is 1.95 bits per heavy atom. The van der Waals surface area contributed by atoms with Crippen LogP contribution in [0.4, 0.5) is 0 Å². The Morgan fingerprint density at radius 1 is 1.21 bits per heavy atom. The summed E-state index contributed by atoms with van der Waals surface area (Å²) in [4.78, 5) is 10.7. The van der Waals surface area contributed by atoms with E-state index in [4.69, 9.17) is 9.52 Å². The zero-order chi connectivity index (χ0) is 13.7. The highest BCUT2D eigenvalue weighted by molar-refractivity contribution is 9.09. The van der Waals surface area contributed by atoms with E-state index < -0.39 is 5.97 Å². The van der Waals surface area contributed by atoms with Crippen molar-refractivity contribution in [1.29, 1.82) is 0 Å². The highest BCUT2D eigenvalue weighted by Gasteiger charge is 2.09. The van der Waals surface area contributed by atoms with Crippen LogP contribution in [0.25, 0.3) is 17.4 Å². The van der Waals surface area contributed by atoms with E-state index in [0.29, 0.717) is 5.76 Å². The Labute approximate surface area is 119 Å². The van der Waals surface area contributed by atoms with Gasteiger partial charge in [0, 0.05) is 10.9 Å². The molecule has 4 heteroatoms. The third kappa shape index (κ3) is 3.58. The van der Waals surface area contributed by atoms with Gasteiger partial charge in [0.1, 0.15) is 5.76 Å². The molecule has 3 nitrogen and oxygen atoms in total. The number of allylic oxidation sites excluding steroid dienone is 1. The lowest BCUT2D eigenvalue weighted by Crippen LogP contribution is -1.91. The van der Waals surface area contributed by atoms with Crippen LogP contribution < -0.4 is 0 Å². The summed E-state index contributed by atoms with van der Waals surface area (Å²) in [7, 11) is 0. The molecular weight excluding hydrogens is 308 g/mol. The number of alkyl halides is 1. The van der Waals surface area contributed by atoms with E-state index in [1.165, 1.54) is 6.07 Å². The van der Waals surface area contributed by atoms with Crippen molar-refractivity contribution >= 4 is 28.0 Å². The van der Waals surface area contributed by atoms with Crippen LogP contribution in [0, 0.1) is 0 Å². The molecule has 1 aromatic heterocycles.